The van der Waals surface area contributed by atoms with Crippen LogP contribution in [0.25, 0.3) is 16.8 Å². The smallest absolute Gasteiger partial charge is 0.294 e. The van der Waals surface area contributed by atoms with Crippen molar-refractivity contribution in [2.75, 3.05) is 18.8 Å². The van der Waals surface area contributed by atoms with E-state index in [4.69, 9.17) is 20.2 Å². The lowest BCUT2D eigenvalue weighted by Gasteiger charge is -2.36. The average molecular weight is 520 g/mol. The third-order valence-corrected chi connectivity index (χ3v) is 7.14. The van der Waals surface area contributed by atoms with Crippen molar-refractivity contribution in [1.82, 2.24) is 19.3 Å². The molecule has 0 amide bonds. The predicted molar refractivity (Wildman–Crippen MR) is 149 cm³/mol. The number of nitrogen functional groups attached to an aromatic ring is 1. The number of benzene rings is 3. The van der Waals surface area contributed by atoms with E-state index in [0.717, 1.165) is 59.0 Å². The zero-order valence-electron chi connectivity index (χ0n) is 21.4. The number of nitrogens with zero attached hydrogens (tertiary/aromatic N) is 4. The zero-order valence-corrected chi connectivity index (χ0v) is 21.4. The van der Waals surface area contributed by atoms with Crippen molar-refractivity contribution in [3.05, 3.63) is 109 Å². The Bertz CT molecular complexity index is 1550. The molecule has 1 saturated heterocycles. The van der Waals surface area contributed by atoms with Crippen LogP contribution < -0.4 is 10.5 Å². The molecule has 2 unspecified atom stereocenters. The van der Waals surface area contributed by atoms with Gasteiger partial charge in [-0.3, -0.25) is 14.1 Å². The lowest BCUT2D eigenvalue weighted by atomic mass is 9.96. The number of aromatic nitrogens is 3. The summed E-state index contributed by atoms with van der Waals surface area (Å²) in [5, 5.41) is 0. The maximum atomic E-state index is 11.4. The first kappa shape index (κ1) is 24.6. The maximum Gasteiger partial charge on any atom is 0.294 e. The molecule has 1 aliphatic rings. The molecule has 0 spiro atoms. The number of carbonyl (C=O) groups excluding carboxylic acids is 1. The van der Waals surface area contributed by atoms with Gasteiger partial charge in [0.2, 0.25) is 0 Å². The molecule has 5 aromatic rings. The second kappa shape index (κ2) is 11.0. The lowest BCUT2D eigenvalue weighted by Crippen LogP contribution is -2.39. The molecule has 3 aromatic carbocycles. The Balaban J connectivity index is 1.32. The van der Waals surface area contributed by atoms with Crippen LogP contribution >= 0.6 is 0 Å². The fourth-order valence-corrected chi connectivity index (χ4v) is 5.36. The highest BCUT2D eigenvalue weighted by molar-refractivity contribution is 5.85. The molecule has 6 rings (SSSR count). The summed E-state index contributed by atoms with van der Waals surface area (Å²) in [6.45, 7) is 2.05. The van der Waals surface area contributed by atoms with Crippen LogP contribution in [-0.4, -0.2) is 38.8 Å². The second-order valence-electron chi connectivity index (χ2n) is 9.62. The standard InChI is InChI=1S/C31H29N5O3/c32-29-28-27(22-13-15-26(16-14-22)39-25-11-5-2-6-12-25)34-30(36(28)19-17-33-29)24-10-7-18-35(20-24)31(38-21-37)23-8-3-1-4-9-23/h1-6,8-9,11-17,19,21,24,31H,7,10,18,20H2,(H2,32,33). The molecule has 39 heavy (non-hydrogen) atoms. The van der Waals surface area contributed by atoms with Crippen LogP contribution in [0.15, 0.2) is 97.3 Å². The van der Waals surface area contributed by atoms with Crippen molar-refractivity contribution in [2.45, 2.75) is 25.0 Å². The SMILES string of the molecule is Nc1nccn2c(C3CCCN(C(OC=O)c4ccccc4)C3)nc(-c3ccc(Oc4ccccc4)cc3)c12. The minimum Gasteiger partial charge on any atom is -0.457 e. The molecule has 2 aromatic heterocycles. The number of likely N-dealkylation sites (tertiary alicyclic amines) is 1. The number of rotatable bonds is 8. The summed E-state index contributed by atoms with van der Waals surface area (Å²) >= 11 is 0. The topological polar surface area (TPSA) is 95.0 Å². The summed E-state index contributed by atoms with van der Waals surface area (Å²) in [5.74, 6) is 2.98. The summed E-state index contributed by atoms with van der Waals surface area (Å²) in [7, 11) is 0. The Labute approximate surface area is 226 Å². The number of fused-ring (bicyclic) bond motifs is 1. The molecule has 8 nitrogen and oxygen atoms in total. The van der Waals surface area contributed by atoms with E-state index in [-0.39, 0.29) is 5.92 Å². The number of piperidine rings is 1. The van der Waals surface area contributed by atoms with Gasteiger partial charge in [-0.05, 0) is 49.2 Å². The van der Waals surface area contributed by atoms with E-state index in [9.17, 15) is 4.79 Å². The number of para-hydroxylation sites is 1. The van der Waals surface area contributed by atoms with E-state index in [2.05, 4.69) is 14.3 Å². The van der Waals surface area contributed by atoms with Crippen LogP contribution in [0.2, 0.25) is 0 Å². The molecular weight excluding hydrogens is 490 g/mol. The average Bonchev–Trinajstić information content (AvgIpc) is 3.38. The van der Waals surface area contributed by atoms with Crippen LogP contribution in [-0.2, 0) is 9.53 Å². The first-order chi connectivity index (χ1) is 19.2. The van der Waals surface area contributed by atoms with Crippen molar-refractivity contribution < 1.29 is 14.3 Å². The first-order valence-corrected chi connectivity index (χ1v) is 13.0. The molecule has 0 saturated carbocycles. The van der Waals surface area contributed by atoms with Crippen molar-refractivity contribution in [3.63, 3.8) is 0 Å². The lowest BCUT2D eigenvalue weighted by molar-refractivity contribution is -0.145. The Hall–Kier alpha value is -4.69. The fourth-order valence-electron chi connectivity index (χ4n) is 5.36. The van der Waals surface area contributed by atoms with Gasteiger partial charge in [-0.1, -0.05) is 48.5 Å². The van der Waals surface area contributed by atoms with Crippen LogP contribution in [0.3, 0.4) is 0 Å². The first-order valence-electron chi connectivity index (χ1n) is 13.0. The fraction of sp³-hybridized carbons (Fsp3) is 0.194. The van der Waals surface area contributed by atoms with Gasteiger partial charge in [0.25, 0.3) is 6.47 Å². The quantitative estimate of drug-likeness (QED) is 0.258. The number of ether oxygens (including phenoxy) is 2. The Morgan fingerprint density at radius 1 is 0.949 bits per heavy atom. The van der Waals surface area contributed by atoms with Gasteiger partial charge in [0, 0.05) is 42.5 Å². The van der Waals surface area contributed by atoms with E-state index < -0.39 is 6.23 Å². The molecule has 2 atom stereocenters. The van der Waals surface area contributed by atoms with Crippen LogP contribution in [0, 0.1) is 0 Å². The largest absolute Gasteiger partial charge is 0.457 e. The normalized spacial score (nSPS) is 16.6. The van der Waals surface area contributed by atoms with Crippen molar-refractivity contribution >= 4 is 17.8 Å². The summed E-state index contributed by atoms with van der Waals surface area (Å²) < 4.78 is 13.6. The maximum absolute atomic E-state index is 11.4. The molecule has 0 bridgehead atoms. The summed E-state index contributed by atoms with van der Waals surface area (Å²) in [6, 6.07) is 27.4. The van der Waals surface area contributed by atoms with Gasteiger partial charge >= 0.3 is 0 Å². The van der Waals surface area contributed by atoms with E-state index in [1.54, 1.807) is 6.20 Å². The molecule has 1 aliphatic heterocycles. The second-order valence-corrected chi connectivity index (χ2v) is 9.62. The number of nitrogens with two attached hydrogens (primary N) is 1. The third-order valence-electron chi connectivity index (χ3n) is 7.14. The van der Waals surface area contributed by atoms with Gasteiger partial charge in [-0.25, -0.2) is 9.97 Å². The van der Waals surface area contributed by atoms with Gasteiger partial charge in [-0.15, -0.1) is 0 Å². The predicted octanol–water partition coefficient (Wildman–Crippen LogP) is 5.82. The molecular formula is C31H29N5O3. The van der Waals surface area contributed by atoms with E-state index in [1.807, 2.05) is 91.1 Å². The van der Waals surface area contributed by atoms with E-state index in [0.29, 0.717) is 18.8 Å². The molecule has 2 N–H and O–H groups in total. The minimum atomic E-state index is -0.443. The number of hydrogen-bond donors (Lipinski definition) is 1. The molecule has 8 heteroatoms. The van der Waals surface area contributed by atoms with Crippen LogP contribution in [0.4, 0.5) is 5.82 Å². The van der Waals surface area contributed by atoms with Gasteiger partial charge in [0.05, 0.1) is 0 Å². The summed E-state index contributed by atoms with van der Waals surface area (Å²) in [6.07, 6.45) is 5.09. The number of imidazole rings is 1. The third kappa shape index (κ3) is 5.06. The van der Waals surface area contributed by atoms with E-state index in [1.165, 1.54) is 0 Å². The Morgan fingerprint density at radius 2 is 1.67 bits per heavy atom. The monoisotopic (exact) mass is 519 g/mol. The number of carbonyl (C=O) groups is 1. The van der Waals surface area contributed by atoms with Gasteiger partial charge < -0.3 is 15.2 Å². The molecule has 0 radical (unpaired) electrons. The van der Waals surface area contributed by atoms with E-state index >= 15 is 0 Å². The molecule has 1 fully saturated rings. The summed E-state index contributed by atoms with van der Waals surface area (Å²) in [5.41, 5.74) is 9.84. The Morgan fingerprint density at radius 3 is 2.41 bits per heavy atom. The highest BCUT2D eigenvalue weighted by atomic mass is 16.5. The highest BCUT2D eigenvalue weighted by Gasteiger charge is 2.32. The zero-order chi connectivity index (χ0) is 26.6. The van der Waals surface area contributed by atoms with Crippen LogP contribution in [0.1, 0.15) is 36.4 Å². The molecule has 0 aliphatic carbocycles. The molecule has 3 heterocycles. The number of anilines is 1. The molecule has 196 valence electrons. The number of hydrogen-bond acceptors (Lipinski definition) is 7. The highest BCUT2D eigenvalue weighted by Crippen LogP contribution is 2.36. The van der Waals surface area contributed by atoms with Crippen molar-refractivity contribution in [1.29, 1.82) is 0 Å². The van der Waals surface area contributed by atoms with Gasteiger partial charge in [0.15, 0.2) is 6.23 Å². The minimum absolute atomic E-state index is 0.115. The summed E-state index contributed by atoms with van der Waals surface area (Å²) in [4.78, 5) is 23.1. The van der Waals surface area contributed by atoms with Crippen molar-refractivity contribution in [3.8, 4) is 22.8 Å². The van der Waals surface area contributed by atoms with Crippen molar-refractivity contribution in [2.24, 2.45) is 0 Å². The van der Waals surface area contributed by atoms with Crippen LogP contribution in [0.5, 0.6) is 11.5 Å². The van der Waals surface area contributed by atoms with Gasteiger partial charge in [-0.2, -0.15) is 0 Å². The Kier molecular flexibility index (Phi) is 6.93. The van der Waals surface area contributed by atoms with Gasteiger partial charge in [0.1, 0.15) is 34.4 Å².